The van der Waals surface area contributed by atoms with Crippen LogP contribution in [0.25, 0.3) is 0 Å². The number of para-hydroxylation sites is 2. The van der Waals surface area contributed by atoms with E-state index in [1.165, 1.54) is 0 Å². The van der Waals surface area contributed by atoms with Crippen LogP contribution in [0, 0.1) is 0 Å². The molecule has 3 aromatic carbocycles. The summed E-state index contributed by atoms with van der Waals surface area (Å²) in [5.41, 5.74) is 3.25. The van der Waals surface area contributed by atoms with Gasteiger partial charge in [0.1, 0.15) is 18.1 Å². The molecular weight excluding hydrogens is 442 g/mol. The molecule has 0 fully saturated rings. The van der Waals surface area contributed by atoms with Crippen molar-refractivity contribution in [2.24, 2.45) is 0 Å². The number of rotatable bonds is 8. The summed E-state index contributed by atoms with van der Waals surface area (Å²) in [6, 6.07) is 21.0. The summed E-state index contributed by atoms with van der Waals surface area (Å²) in [7, 11) is 0. The molecule has 1 N–H and O–H groups in total. The van der Waals surface area contributed by atoms with E-state index >= 15 is 0 Å². The van der Waals surface area contributed by atoms with Gasteiger partial charge >= 0.3 is 0 Å². The molecule has 1 amide bonds. The number of nitrogens with one attached hydrogen (secondary N) is 1. The van der Waals surface area contributed by atoms with Crippen molar-refractivity contribution in [1.29, 1.82) is 0 Å². The van der Waals surface area contributed by atoms with Crippen molar-refractivity contribution in [3.05, 3.63) is 87.9 Å². The van der Waals surface area contributed by atoms with E-state index < -0.39 is 0 Å². The van der Waals surface area contributed by atoms with Crippen molar-refractivity contribution >= 4 is 27.5 Å². The second-order valence-corrected chi connectivity index (χ2v) is 8.03. The zero-order valence-corrected chi connectivity index (χ0v) is 19.0. The van der Waals surface area contributed by atoms with Crippen LogP contribution >= 0.6 is 15.9 Å². The van der Waals surface area contributed by atoms with Crippen molar-refractivity contribution in [2.75, 3.05) is 11.9 Å². The predicted octanol–water partition coefficient (Wildman–Crippen LogP) is 6.80. The van der Waals surface area contributed by atoms with Crippen LogP contribution in [-0.4, -0.2) is 12.5 Å². The molecule has 0 spiro atoms. The predicted molar refractivity (Wildman–Crippen MR) is 125 cm³/mol. The van der Waals surface area contributed by atoms with Crippen LogP contribution in [0.3, 0.4) is 0 Å². The maximum Gasteiger partial charge on any atom is 0.255 e. The quantitative estimate of drug-likeness (QED) is 0.396. The summed E-state index contributed by atoms with van der Waals surface area (Å²) in [4.78, 5) is 12.8. The zero-order valence-electron chi connectivity index (χ0n) is 17.4. The van der Waals surface area contributed by atoms with Gasteiger partial charge in [-0.05, 0) is 70.7 Å². The Morgan fingerprint density at radius 3 is 2.43 bits per heavy atom. The molecule has 4 nitrogen and oxygen atoms in total. The lowest BCUT2D eigenvalue weighted by atomic mass is 10.0. The molecule has 0 aromatic heterocycles. The molecule has 0 aliphatic heterocycles. The summed E-state index contributed by atoms with van der Waals surface area (Å²) in [5.74, 6) is 1.73. The summed E-state index contributed by atoms with van der Waals surface area (Å²) in [6.45, 7) is 7.07. The van der Waals surface area contributed by atoms with Crippen LogP contribution in [0.1, 0.15) is 48.2 Å². The Morgan fingerprint density at radius 1 is 0.967 bits per heavy atom. The Bertz CT molecular complexity index is 1020. The van der Waals surface area contributed by atoms with Gasteiger partial charge in [-0.2, -0.15) is 0 Å². The maximum absolute atomic E-state index is 12.8. The molecule has 3 aromatic rings. The number of halogens is 1. The molecular formula is C25H26BrNO3. The van der Waals surface area contributed by atoms with Crippen molar-refractivity contribution in [3.8, 4) is 11.5 Å². The molecule has 0 atom stereocenters. The third-order valence-corrected chi connectivity index (χ3v) is 5.36. The average Bonchev–Trinajstić information content (AvgIpc) is 2.75. The van der Waals surface area contributed by atoms with Crippen LogP contribution in [0.4, 0.5) is 5.69 Å². The lowest BCUT2D eigenvalue weighted by Crippen LogP contribution is -2.13. The van der Waals surface area contributed by atoms with Crippen LogP contribution in [0.2, 0.25) is 0 Å². The Kier molecular flexibility index (Phi) is 7.52. The fraction of sp³-hybridized carbons (Fsp3) is 0.240. The molecule has 30 heavy (non-hydrogen) atoms. The largest absolute Gasteiger partial charge is 0.493 e. The second kappa shape index (κ2) is 10.3. The highest BCUT2D eigenvalue weighted by Gasteiger charge is 2.14. The molecule has 0 bridgehead atoms. The van der Waals surface area contributed by atoms with Gasteiger partial charge in [0.2, 0.25) is 0 Å². The van der Waals surface area contributed by atoms with E-state index in [1.54, 1.807) is 6.07 Å². The minimum absolute atomic E-state index is 0.186. The Morgan fingerprint density at radius 2 is 1.70 bits per heavy atom. The highest BCUT2D eigenvalue weighted by Crippen LogP contribution is 2.29. The summed E-state index contributed by atoms with van der Waals surface area (Å²) < 4.78 is 12.7. The molecule has 5 heteroatoms. The third kappa shape index (κ3) is 5.42. The monoisotopic (exact) mass is 467 g/mol. The van der Waals surface area contributed by atoms with Crippen molar-refractivity contribution in [1.82, 2.24) is 0 Å². The average molecular weight is 468 g/mol. The minimum atomic E-state index is -0.186. The minimum Gasteiger partial charge on any atom is -0.493 e. The summed E-state index contributed by atoms with van der Waals surface area (Å²) in [5, 5.41) is 2.94. The Balaban J connectivity index is 1.83. The first-order valence-electron chi connectivity index (χ1n) is 10.0. The number of carbonyl (C=O) groups excluding carboxylic acids is 1. The van der Waals surface area contributed by atoms with Gasteiger partial charge in [-0.3, -0.25) is 4.79 Å². The molecule has 3 rings (SSSR count). The summed E-state index contributed by atoms with van der Waals surface area (Å²) >= 11 is 3.46. The fourth-order valence-electron chi connectivity index (χ4n) is 3.13. The number of hydrogen-bond acceptors (Lipinski definition) is 3. The van der Waals surface area contributed by atoms with Gasteiger partial charge < -0.3 is 14.8 Å². The molecule has 0 radical (unpaired) electrons. The molecule has 0 saturated carbocycles. The first kappa shape index (κ1) is 21.9. The molecule has 0 unspecified atom stereocenters. The zero-order chi connectivity index (χ0) is 21.5. The highest BCUT2D eigenvalue weighted by atomic mass is 79.9. The molecule has 0 aliphatic carbocycles. The van der Waals surface area contributed by atoms with Gasteiger partial charge in [-0.15, -0.1) is 0 Å². The normalized spacial score (nSPS) is 10.7. The van der Waals surface area contributed by atoms with E-state index in [0.29, 0.717) is 24.7 Å². The number of carbonyl (C=O) groups is 1. The first-order valence-corrected chi connectivity index (χ1v) is 10.8. The summed E-state index contributed by atoms with van der Waals surface area (Å²) in [6.07, 6.45) is 0. The second-order valence-electron chi connectivity index (χ2n) is 7.17. The lowest BCUT2D eigenvalue weighted by molar-refractivity contribution is 0.102. The Hall–Kier alpha value is -2.79. The maximum atomic E-state index is 12.8. The van der Waals surface area contributed by atoms with Crippen molar-refractivity contribution in [2.45, 2.75) is 33.3 Å². The van der Waals surface area contributed by atoms with Crippen LogP contribution in [0.15, 0.2) is 71.2 Å². The van der Waals surface area contributed by atoms with E-state index in [0.717, 1.165) is 32.8 Å². The van der Waals surface area contributed by atoms with Gasteiger partial charge in [-0.1, -0.05) is 44.2 Å². The van der Waals surface area contributed by atoms with Crippen LogP contribution in [-0.2, 0) is 6.61 Å². The van der Waals surface area contributed by atoms with E-state index in [1.807, 2.05) is 61.5 Å². The SMILES string of the molecule is CCOc1ccc(C(=O)Nc2ccccc2Br)cc1COc1ccccc1C(C)C. The first-order chi connectivity index (χ1) is 14.5. The van der Waals surface area contributed by atoms with Gasteiger partial charge in [0.25, 0.3) is 5.91 Å². The number of anilines is 1. The van der Waals surface area contributed by atoms with E-state index in [-0.39, 0.29) is 5.91 Å². The fourth-order valence-corrected chi connectivity index (χ4v) is 3.52. The van der Waals surface area contributed by atoms with E-state index in [9.17, 15) is 4.79 Å². The van der Waals surface area contributed by atoms with Crippen molar-refractivity contribution in [3.63, 3.8) is 0 Å². The van der Waals surface area contributed by atoms with Crippen molar-refractivity contribution < 1.29 is 14.3 Å². The number of amides is 1. The van der Waals surface area contributed by atoms with E-state index in [4.69, 9.17) is 9.47 Å². The van der Waals surface area contributed by atoms with Gasteiger partial charge in [0, 0.05) is 15.6 Å². The lowest BCUT2D eigenvalue weighted by Gasteiger charge is -2.16. The molecule has 156 valence electrons. The highest BCUT2D eigenvalue weighted by molar-refractivity contribution is 9.10. The van der Waals surface area contributed by atoms with Crippen LogP contribution in [0.5, 0.6) is 11.5 Å². The Labute approximate surface area is 186 Å². The smallest absolute Gasteiger partial charge is 0.255 e. The topological polar surface area (TPSA) is 47.6 Å². The third-order valence-electron chi connectivity index (χ3n) is 4.67. The standard InChI is InChI=1S/C25H26BrNO3/c1-4-29-23-14-13-18(25(28)27-22-11-7-6-10-21(22)26)15-19(23)16-30-24-12-8-5-9-20(24)17(2)3/h5-15,17H,4,16H2,1-3H3,(H,27,28). The van der Waals surface area contributed by atoms with Gasteiger partial charge in [0.05, 0.1) is 12.3 Å². The number of hydrogen-bond donors (Lipinski definition) is 1. The number of ether oxygens (including phenoxy) is 2. The van der Waals surface area contributed by atoms with E-state index in [2.05, 4.69) is 41.2 Å². The van der Waals surface area contributed by atoms with Crippen LogP contribution < -0.4 is 14.8 Å². The molecule has 0 heterocycles. The number of benzene rings is 3. The van der Waals surface area contributed by atoms with Gasteiger partial charge in [0.15, 0.2) is 0 Å². The molecule has 0 saturated heterocycles. The molecule has 0 aliphatic rings. The van der Waals surface area contributed by atoms with Gasteiger partial charge in [-0.25, -0.2) is 0 Å².